The van der Waals surface area contributed by atoms with Crippen molar-refractivity contribution in [2.24, 2.45) is 26.8 Å². The van der Waals surface area contributed by atoms with Crippen molar-refractivity contribution in [3.63, 3.8) is 0 Å². The molecular weight excluding hydrogens is 350 g/mol. The maximum Gasteiger partial charge on any atom is 0.340 e. The number of aliphatic imine (C=N–C) groups is 3. The third kappa shape index (κ3) is 4.13. The highest BCUT2D eigenvalue weighted by Gasteiger charge is 2.39. The van der Waals surface area contributed by atoms with E-state index >= 15 is 0 Å². The molecule has 0 amide bonds. The van der Waals surface area contributed by atoms with E-state index in [4.69, 9.17) is 4.74 Å². The first-order chi connectivity index (χ1) is 13.7. The number of hydrogen-bond donors (Lipinski definition) is 0. The van der Waals surface area contributed by atoms with Gasteiger partial charge in [-0.05, 0) is 29.0 Å². The average molecular weight is 380 g/mol. The van der Waals surface area contributed by atoms with Crippen LogP contribution in [0, 0.1) is 11.8 Å². The van der Waals surface area contributed by atoms with E-state index in [1.54, 1.807) is 19.6 Å². The van der Waals surface area contributed by atoms with Crippen LogP contribution in [0.25, 0.3) is 5.57 Å². The SMILES string of the molecule is CCCCC(CC)COC(=O)/C(C=NC)=C1/c2ccccc2C2N=CN=CC12. The maximum absolute atomic E-state index is 13.0. The normalized spacial score (nSPS) is 22.8. The van der Waals surface area contributed by atoms with Crippen LogP contribution < -0.4 is 0 Å². The van der Waals surface area contributed by atoms with Crippen LogP contribution in [-0.2, 0) is 9.53 Å². The van der Waals surface area contributed by atoms with E-state index in [1.165, 1.54) is 0 Å². The number of fused-ring (bicyclic) bond motifs is 3. The summed E-state index contributed by atoms with van der Waals surface area (Å²) in [5, 5.41) is 0. The van der Waals surface area contributed by atoms with Gasteiger partial charge in [0, 0.05) is 25.4 Å². The molecule has 0 radical (unpaired) electrons. The van der Waals surface area contributed by atoms with Crippen molar-refractivity contribution in [2.45, 2.75) is 45.6 Å². The lowest BCUT2D eigenvalue weighted by Gasteiger charge is -2.18. The Bertz CT molecular complexity index is 823. The van der Waals surface area contributed by atoms with Crippen molar-refractivity contribution in [2.75, 3.05) is 13.7 Å². The van der Waals surface area contributed by atoms with Crippen molar-refractivity contribution < 1.29 is 9.53 Å². The Morgan fingerprint density at radius 3 is 2.89 bits per heavy atom. The Balaban J connectivity index is 1.92. The summed E-state index contributed by atoms with van der Waals surface area (Å²) in [4.78, 5) is 26.0. The Labute approximate surface area is 167 Å². The molecular formula is C23H29N3O2. The lowest BCUT2D eigenvalue weighted by Crippen LogP contribution is -2.19. The molecule has 0 fully saturated rings. The second kappa shape index (κ2) is 9.58. The second-order valence-corrected chi connectivity index (χ2v) is 7.35. The predicted molar refractivity (Wildman–Crippen MR) is 115 cm³/mol. The van der Waals surface area contributed by atoms with Crippen molar-refractivity contribution >= 4 is 30.3 Å². The van der Waals surface area contributed by atoms with Crippen LogP contribution >= 0.6 is 0 Å². The molecule has 0 aromatic heterocycles. The molecule has 0 spiro atoms. The summed E-state index contributed by atoms with van der Waals surface area (Å²) < 4.78 is 5.74. The first-order valence-corrected chi connectivity index (χ1v) is 10.2. The number of carbonyl (C=O) groups excluding carboxylic acids is 1. The third-order valence-corrected chi connectivity index (χ3v) is 5.55. The number of esters is 1. The van der Waals surface area contributed by atoms with E-state index in [9.17, 15) is 4.79 Å². The molecule has 148 valence electrons. The highest BCUT2D eigenvalue weighted by atomic mass is 16.5. The van der Waals surface area contributed by atoms with Gasteiger partial charge in [-0.3, -0.25) is 9.98 Å². The molecule has 2 aliphatic rings. The molecule has 0 saturated carbocycles. The van der Waals surface area contributed by atoms with Crippen molar-refractivity contribution in [1.82, 2.24) is 0 Å². The van der Waals surface area contributed by atoms with Gasteiger partial charge in [0.15, 0.2) is 0 Å². The van der Waals surface area contributed by atoms with Crippen molar-refractivity contribution in [3.8, 4) is 0 Å². The van der Waals surface area contributed by atoms with Crippen LogP contribution in [-0.4, -0.2) is 38.4 Å². The highest BCUT2D eigenvalue weighted by Crippen LogP contribution is 2.47. The monoisotopic (exact) mass is 379 g/mol. The fourth-order valence-corrected chi connectivity index (χ4v) is 3.96. The van der Waals surface area contributed by atoms with Gasteiger partial charge >= 0.3 is 5.97 Å². The smallest absolute Gasteiger partial charge is 0.340 e. The molecule has 0 N–H and O–H groups in total. The minimum absolute atomic E-state index is 0.0373. The van der Waals surface area contributed by atoms with Gasteiger partial charge < -0.3 is 4.74 Å². The molecule has 3 rings (SSSR count). The second-order valence-electron chi connectivity index (χ2n) is 7.35. The number of benzene rings is 1. The molecule has 0 bridgehead atoms. The van der Waals surface area contributed by atoms with Gasteiger partial charge in [-0.15, -0.1) is 0 Å². The number of rotatable bonds is 8. The Morgan fingerprint density at radius 2 is 2.14 bits per heavy atom. The summed E-state index contributed by atoms with van der Waals surface area (Å²) in [5.41, 5.74) is 3.58. The van der Waals surface area contributed by atoms with Crippen molar-refractivity contribution in [1.29, 1.82) is 0 Å². The molecule has 1 aliphatic carbocycles. The zero-order valence-corrected chi connectivity index (χ0v) is 17.0. The number of carbonyl (C=O) groups is 1. The van der Waals surface area contributed by atoms with Crippen LogP contribution in [0.5, 0.6) is 0 Å². The minimum Gasteiger partial charge on any atom is -0.462 e. The molecule has 3 atom stereocenters. The van der Waals surface area contributed by atoms with Gasteiger partial charge in [0.1, 0.15) is 6.34 Å². The summed E-state index contributed by atoms with van der Waals surface area (Å²) in [6.45, 7) is 4.78. The Morgan fingerprint density at radius 1 is 1.32 bits per heavy atom. The number of unbranched alkanes of at least 4 members (excludes halogenated alkanes) is 1. The Hall–Kier alpha value is -2.56. The summed E-state index contributed by atoms with van der Waals surface area (Å²) in [5.74, 6) is 0.0251. The van der Waals surface area contributed by atoms with E-state index in [2.05, 4.69) is 34.9 Å². The fraction of sp³-hybridized carbons (Fsp3) is 0.478. The van der Waals surface area contributed by atoms with Gasteiger partial charge in [0.05, 0.1) is 18.2 Å². The number of ether oxygens (including phenoxy) is 1. The fourth-order valence-electron chi connectivity index (χ4n) is 3.96. The van der Waals surface area contributed by atoms with E-state index in [-0.39, 0.29) is 17.9 Å². The molecule has 1 aliphatic heterocycles. The first-order valence-electron chi connectivity index (χ1n) is 10.2. The van der Waals surface area contributed by atoms with E-state index in [0.717, 1.165) is 42.4 Å². The van der Waals surface area contributed by atoms with Crippen LogP contribution in [0.1, 0.15) is 56.7 Å². The molecule has 1 heterocycles. The molecule has 5 nitrogen and oxygen atoms in total. The van der Waals surface area contributed by atoms with Crippen LogP contribution in [0.2, 0.25) is 0 Å². The molecule has 1 aromatic carbocycles. The molecule has 5 heteroatoms. The Kier molecular flexibility index (Phi) is 6.90. The zero-order valence-electron chi connectivity index (χ0n) is 17.0. The standard InChI is InChI=1S/C23H29N3O2/c1-4-6-9-16(5-2)14-28-23(27)20(12-24-3)21-17-10-7-8-11-18(17)22-19(21)13-25-15-26-22/h7-8,10-13,15-16,19,22H,4-6,9,14H2,1-3H3/b21-20-,24-12?. The lowest BCUT2D eigenvalue weighted by atomic mass is 9.93. The predicted octanol–water partition coefficient (Wildman–Crippen LogP) is 4.68. The molecule has 0 saturated heterocycles. The van der Waals surface area contributed by atoms with Gasteiger partial charge in [-0.1, -0.05) is 57.4 Å². The van der Waals surface area contributed by atoms with Crippen LogP contribution in [0.15, 0.2) is 44.8 Å². The largest absolute Gasteiger partial charge is 0.462 e. The summed E-state index contributed by atoms with van der Waals surface area (Å²) in [7, 11) is 1.68. The van der Waals surface area contributed by atoms with Gasteiger partial charge in [-0.25, -0.2) is 9.79 Å². The highest BCUT2D eigenvalue weighted by molar-refractivity contribution is 6.18. The van der Waals surface area contributed by atoms with Crippen molar-refractivity contribution in [3.05, 3.63) is 41.0 Å². The average Bonchev–Trinajstić information content (AvgIpc) is 3.06. The molecule has 28 heavy (non-hydrogen) atoms. The molecule has 3 unspecified atom stereocenters. The maximum atomic E-state index is 13.0. The van der Waals surface area contributed by atoms with Gasteiger partial charge in [-0.2, -0.15) is 0 Å². The summed E-state index contributed by atoms with van der Waals surface area (Å²) in [6.07, 6.45) is 9.50. The van der Waals surface area contributed by atoms with Crippen LogP contribution in [0.3, 0.4) is 0 Å². The molecule has 1 aromatic rings. The quantitative estimate of drug-likeness (QED) is 0.374. The van der Waals surface area contributed by atoms with Crippen LogP contribution in [0.4, 0.5) is 0 Å². The number of hydrogen-bond acceptors (Lipinski definition) is 5. The van der Waals surface area contributed by atoms with Gasteiger partial charge in [0.2, 0.25) is 0 Å². The summed E-state index contributed by atoms with van der Waals surface area (Å²) in [6, 6.07) is 8.07. The lowest BCUT2D eigenvalue weighted by molar-refractivity contribution is -0.139. The number of nitrogens with zero attached hydrogens (tertiary/aromatic N) is 3. The zero-order chi connectivity index (χ0) is 19.9. The third-order valence-electron chi connectivity index (χ3n) is 5.55. The van der Waals surface area contributed by atoms with E-state index < -0.39 is 0 Å². The topological polar surface area (TPSA) is 63.4 Å². The van der Waals surface area contributed by atoms with E-state index in [1.807, 2.05) is 24.4 Å². The first kappa shape index (κ1) is 20.2. The van der Waals surface area contributed by atoms with Gasteiger partial charge in [0.25, 0.3) is 0 Å². The minimum atomic E-state index is -0.311. The van der Waals surface area contributed by atoms with E-state index in [0.29, 0.717) is 18.1 Å². The summed E-state index contributed by atoms with van der Waals surface area (Å²) >= 11 is 0.